The summed E-state index contributed by atoms with van der Waals surface area (Å²) in [6, 6.07) is 0. The summed E-state index contributed by atoms with van der Waals surface area (Å²) in [4.78, 5) is 6.60. The Morgan fingerprint density at radius 1 is 0.867 bits per heavy atom. The maximum Gasteiger partial charge on any atom is 0.166 e. The van der Waals surface area contributed by atoms with E-state index in [1.165, 1.54) is 38.5 Å². The third-order valence-corrected chi connectivity index (χ3v) is 2.40. The molecule has 2 heteroatoms. The average Bonchev–Trinajstić information content (AvgIpc) is 2.27. The number of hydrogen-bond acceptors (Lipinski definition) is 1. The van der Waals surface area contributed by atoms with Crippen LogP contribution in [0.25, 0.3) is 0 Å². The van der Waals surface area contributed by atoms with Gasteiger partial charge in [0.05, 0.1) is 0 Å². The summed E-state index contributed by atoms with van der Waals surface area (Å²) in [5, 5.41) is 0. The van der Waals surface area contributed by atoms with Crippen molar-refractivity contribution in [3.63, 3.8) is 0 Å². The molecule has 0 aliphatic carbocycles. The highest BCUT2D eigenvalue weighted by Crippen LogP contribution is 1.97. The Labute approximate surface area is 95.8 Å². The highest BCUT2D eigenvalue weighted by Gasteiger charge is 1.98. The molecule has 2 nitrogen and oxygen atoms in total. The van der Waals surface area contributed by atoms with E-state index in [2.05, 4.69) is 37.0 Å². The molecule has 0 aliphatic heterocycles. The normalized spacial score (nSPS) is 11.1. The molecular weight excluding hydrogens is 184 g/mol. The van der Waals surface area contributed by atoms with Gasteiger partial charge in [0.2, 0.25) is 0 Å². The first-order valence-electron chi connectivity index (χ1n) is 6.52. The Hall–Kier alpha value is -0.530. The van der Waals surface area contributed by atoms with Gasteiger partial charge in [-0.3, -0.25) is 4.99 Å². The molecule has 0 aromatic carbocycles. The van der Waals surface area contributed by atoms with Gasteiger partial charge in [-0.2, -0.15) is 0 Å². The van der Waals surface area contributed by atoms with Crippen LogP contribution in [0.5, 0.6) is 0 Å². The molecule has 0 aliphatic rings. The fraction of sp³-hybridized carbons (Fsp3) is 0.923. The largest absolute Gasteiger partial charge is 0.354 e. The lowest BCUT2D eigenvalue weighted by Crippen LogP contribution is -2.24. The Kier molecular flexibility index (Phi) is 11.1. The molecule has 0 rings (SSSR count). The molecule has 89 valence electrons. The molecule has 0 atom stereocenters. The summed E-state index contributed by atoms with van der Waals surface area (Å²) in [7, 11) is 0. The number of rotatable bonds is 10. The molecule has 0 N–H and O–H groups in total. The number of aliphatic imine (C=N–C) groups is 1. The fourth-order valence-corrected chi connectivity index (χ4v) is 1.30. The number of nitrogens with zero attached hydrogens (tertiary/aromatic N) is 2. The van der Waals surface area contributed by atoms with E-state index in [-0.39, 0.29) is 0 Å². The predicted octanol–water partition coefficient (Wildman–Crippen LogP) is 3.59. The van der Waals surface area contributed by atoms with Gasteiger partial charge in [-0.15, -0.1) is 0 Å². The smallest absolute Gasteiger partial charge is 0.166 e. The minimum atomic E-state index is 0.936. The Morgan fingerprint density at radius 3 is 1.87 bits per heavy atom. The molecular formula is C13H27N2. The third kappa shape index (κ3) is 9.77. The van der Waals surface area contributed by atoms with Gasteiger partial charge >= 0.3 is 0 Å². The van der Waals surface area contributed by atoms with Crippen molar-refractivity contribution in [2.45, 2.75) is 59.3 Å². The molecule has 0 amide bonds. The first kappa shape index (κ1) is 14.5. The highest BCUT2D eigenvalue weighted by atomic mass is 15.1. The zero-order valence-corrected chi connectivity index (χ0v) is 10.8. The molecule has 0 saturated carbocycles. The second kappa shape index (κ2) is 11.5. The van der Waals surface area contributed by atoms with Crippen LogP contribution in [-0.2, 0) is 0 Å². The Bertz CT molecular complexity index is 135. The molecule has 0 aromatic rings. The minimum Gasteiger partial charge on any atom is -0.354 e. The van der Waals surface area contributed by atoms with Crippen molar-refractivity contribution in [3.8, 4) is 0 Å². The van der Waals surface area contributed by atoms with E-state index in [1.807, 2.05) is 0 Å². The van der Waals surface area contributed by atoms with E-state index in [0.717, 1.165) is 19.6 Å². The van der Waals surface area contributed by atoms with E-state index >= 15 is 0 Å². The molecule has 0 aromatic heterocycles. The molecule has 15 heavy (non-hydrogen) atoms. The van der Waals surface area contributed by atoms with Crippen molar-refractivity contribution in [3.05, 3.63) is 0 Å². The molecule has 0 bridgehead atoms. The topological polar surface area (TPSA) is 15.6 Å². The van der Waals surface area contributed by atoms with E-state index in [1.54, 1.807) is 0 Å². The van der Waals surface area contributed by atoms with Crippen LogP contribution in [0.4, 0.5) is 0 Å². The van der Waals surface area contributed by atoms with Gasteiger partial charge in [0.1, 0.15) is 0 Å². The van der Waals surface area contributed by atoms with Crippen LogP contribution in [-0.4, -0.2) is 30.9 Å². The van der Waals surface area contributed by atoms with Gasteiger partial charge < -0.3 is 4.90 Å². The summed E-state index contributed by atoms with van der Waals surface area (Å²) in [6.45, 7) is 9.82. The third-order valence-electron chi connectivity index (χ3n) is 2.40. The van der Waals surface area contributed by atoms with E-state index < -0.39 is 0 Å². The van der Waals surface area contributed by atoms with Crippen molar-refractivity contribution in [1.29, 1.82) is 0 Å². The van der Waals surface area contributed by atoms with Crippen molar-refractivity contribution in [2.75, 3.05) is 19.6 Å². The quantitative estimate of drug-likeness (QED) is 0.233. The van der Waals surface area contributed by atoms with Gasteiger partial charge in [0, 0.05) is 19.6 Å². The van der Waals surface area contributed by atoms with Crippen LogP contribution in [0.3, 0.4) is 0 Å². The summed E-state index contributed by atoms with van der Waals surface area (Å²) in [5.41, 5.74) is 0. The highest BCUT2D eigenvalue weighted by molar-refractivity contribution is 5.54. The first-order chi connectivity index (χ1) is 7.35. The monoisotopic (exact) mass is 211 g/mol. The minimum absolute atomic E-state index is 0.936. The SMILES string of the molecule is CCCC/N=[C]/N(CCCC)CCCC. The van der Waals surface area contributed by atoms with Crippen molar-refractivity contribution >= 4 is 6.34 Å². The van der Waals surface area contributed by atoms with Crippen molar-refractivity contribution < 1.29 is 0 Å². The van der Waals surface area contributed by atoms with Crippen LogP contribution in [0.15, 0.2) is 4.99 Å². The molecule has 1 radical (unpaired) electrons. The molecule has 0 unspecified atom stereocenters. The van der Waals surface area contributed by atoms with Crippen LogP contribution < -0.4 is 0 Å². The summed E-state index contributed by atoms with van der Waals surface area (Å²) < 4.78 is 0. The lowest BCUT2D eigenvalue weighted by molar-refractivity contribution is 0.407. The standard InChI is InChI=1S/C13H27N2/c1-4-7-10-14-13-15(11-8-5-2)12-9-6-3/h4-12H2,1-3H3. The summed E-state index contributed by atoms with van der Waals surface area (Å²) in [5.74, 6) is 0. The van der Waals surface area contributed by atoms with Crippen LogP contribution >= 0.6 is 0 Å². The van der Waals surface area contributed by atoms with Gasteiger partial charge in [-0.1, -0.05) is 40.0 Å². The molecule has 0 saturated heterocycles. The maximum absolute atomic E-state index is 4.34. The second-order valence-corrected chi connectivity index (χ2v) is 4.03. The summed E-state index contributed by atoms with van der Waals surface area (Å²) in [6.07, 6.45) is 10.6. The lowest BCUT2D eigenvalue weighted by atomic mass is 10.3. The van der Waals surface area contributed by atoms with Crippen molar-refractivity contribution in [2.24, 2.45) is 4.99 Å². The number of unbranched alkanes of at least 4 members (excludes halogenated alkanes) is 3. The van der Waals surface area contributed by atoms with Gasteiger partial charge in [0.25, 0.3) is 0 Å². The van der Waals surface area contributed by atoms with Gasteiger partial charge in [0.15, 0.2) is 6.34 Å². The lowest BCUT2D eigenvalue weighted by Gasteiger charge is -2.17. The van der Waals surface area contributed by atoms with E-state index in [9.17, 15) is 0 Å². The predicted molar refractivity (Wildman–Crippen MR) is 68.6 cm³/mol. The number of hydrogen-bond donors (Lipinski definition) is 0. The fourth-order valence-electron chi connectivity index (χ4n) is 1.30. The molecule has 0 spiro atoms. The van der Waals surface area contributed by atoms with Crippen LogP contribution in [0.2, 0.25) is 0 Å². The second-order valence-electron chi connectivity index (χ2n) is 4.03. The molecule has 0 heterocycles. The Balaban J connectivity index is 3.71. The van der Waals surface area contributed by atoms with Crippen LogP contribution in [0, 0.1) is 0 Å². The van der Waals surface area contributed by atoms with Gasteiger partial charge in [-0.25, -0.2) is 0 Å². The summed E-state index contributed by atoms with van der Waals surface area (Å²) >= 11 is 0. The zero-order chi connectivity index (χ0) is 11.4. The van der Waals surface area contributed by atoms with E-state index in [4.69, 9.17) is 0 Å². The van der Waals surface area contributed by atoms with E-state index in [0.29, 0.717) is 0 Å². The average molecular weight is 211 g/mol. The Morgan fingerprint density at radius 2 is 1.40 bits per heavy atom. The van der Waals surface area contributed by atoms with Crippen LogP contribution in [0.1, 0.15) is 59.3 Å². The van der Waals surface area contributed by atoms with Gasteiger partial charge in [-0.05, 0) is 19.3 Å². The molecule has 0 fully saturated rings. The first-order valence-corrected chi connectivity index (χ1v) is 6.52. The zero-order valence-electron chi connectivity index (χ0n) is 10.8. The van der Waals surface area contributed by atoms with Crippen molar-refractivity contribution in [1.82, 2.24) is 4.90 Å². The maximum atomic E-state index is 4.34.